The molecule has 6 heteroatoms. The normalized spacial score (nSPS) is 24.0. The van der Waals surface area contributed by atoms with E-state index in [1.54, 1.807) is 18.2 Å². The van der Waals surface area contributed by atoms with Crippen LogP contribution in [0.25, 0.3) is 11.1 Å². The fourth-order valence-corrected chi connectivity index (χ4v) is 3.96. The molecule has 2 aromatic carbocycles. The molecule has 2 saturated heterocycles. The highest BCUT2D eigenvalue weighted by atomic mass is 35.5. The van der Waals surface area contributed by atoms with Gasteiger partial charge in [-0.25, -0.2) is 8.78 Å². The Kier molecular flexibility index (Phi) is 5.58. The number of carbonyl (C=O) groups excluding carboxylic acids is 1. The third-order valence-electron chi connectivity index (χ3n) is 5.20. The monoisotopic (exact) mass is 378 g/mol. The molecular weight excluding hydrogens is 358 g/mol. The highest BCUT2D eigenvalue weighted by molar-refractivity contribution is 5.95. The molecule has 3 nitrogen and oxygen atoms in total. The van der Waals surface area contributed by atoms with Gasteiger partial charge in [0.05, 0.1) is 5.56 Å². The quantitative estimate of drug-likeness (QED) is 0.845. The highest BCUT2D eigenvalue weighted by Gasteiger charge is 2.34. The Morgan fingerprint density at radius 3 is 2.19 bits per heavy atom. The molecule has 0 aromatic heterocycles. The standard InChI is InChI=1S/C20H20F2N2O.ClH/c21-14-4-1-12(2-5-14)13-3-8-18(19(22)9-13)20(25)24-17-10-15-6-7-16(11-17)23-15;/h1-5,8-9,15-17,23H,6-7,10-11H2,(H,24,25);1H. The maximum atomic E-state index is 14.4. The van der Waals surface area contributed by atoms with Gasteiger partial charge in [0.15, 0.2) is 0 Å². The summed E-state index contributed by atoms with van der Waals surface area (Å²) in [4.78, 5) is 12.4. The van der Waals surface area contributed by atoms with Crippen LogP contribution in [0.4, 0.5) is 8.78 Å². The molecule has 1 amide bonds. The first kappa shape index (κ1) is 18.8. The smallest absolute Gasteiger partial charge is 0.254 e. The van der Waals surface area contributed by atoms with Crippen LogP contribution in [0, 0.1) is 11.6 Å². The molecule has 2 bridgehead atoms. The Hall–Kier alpha value is -1.98. The van der Waals surface area contributed by atoms with Crippen molar-refractivity contribution in [3.63, 3.8) is 0 Å². The van der Waals surface area contributed by atoms with E-state index < -0.39 is 5.82 Å². The Bertz CT molecular complexity index is 785. The van der Waals surface area contributed by atoms with Crippen molar-refractivity contribution >= 4 is 18.3 Å². The van der Waals surface area contributed by atoms with E-state index in [2.05, 4.69) is 10.6 Å². The van der Waals surface area contributed by atoms with Gasteiger partial charge in [-0.15, -0.1) is 12.4 Å². The fraction of sp³-hybridized carbons (Fsp3) is 0.350. The van der Waals surface area contributed by atoms with Crippen LogP contribution in [-0.4, -0.2) is 24.0 Å². The Morgan fingerprint density at radius 2 is 1.58 bits per heavy atom. The van der Waals surface area contributed by atoms with E-state index in [-0.39, 0.29) is 35.7 Å². The van der Waals surface area contributed by atoms with Gasteiger partial charge in [0, 0.05) is 18.1 Å². The Balaban J connectivity index is 0.00000196. The van der Waals surface area contributed by atoms with Crippen molar-refractivity contribution in [2.24, 2.45) is 0 Å². The van der Waals surface area contributed by atoms with Crippen molar-refractivity contribution < 1.29 is 13.6 Å². The van der Waals surface area contributed by atoms with E-state index in [9.17, 15) is 13.6 Å². The van der Waals surface area contributed by atoms with Gasteiger partial charge in [-0.05, 0) is 61.1 Å². The number of carbonyl (C=O) groups is 1. The molecule has 2 heterocycles. The van der Waals surface area contributed by atoms with E-state index >= 15 is 0 Å². The zero-order valence-electron chi connectivity index (χ0n) is 14.2. The van der Waals surface area contributed by atoms with E-state index in [1.165, 1.54) is 24.3 Å². The maximum absolute atomic E-state index is 14.4. The summed E-state index contributed by atoms with van der Waals surface area (Å²) in [6.07, 6.45) is 4.10. The molecule has 26 heavy (non-hydrogen) atoms. The molecule has 2 aliphatic rings. The summed E-state index contributed by atoms with van der Waals surface area (Å²) in [6, 6.07) is 11.4. The third-order valence-corrected chi connectivity index (χ3v) is 5.20. The van der Waals surface area contributed by atoms with Gasteiger partial charge >= 0.3 is 0 Å². The maximum Gasteiger partial charge on any atom is 0.254 e. The van der Waals surface area contributed by atoms with Crippen molar-refractivity contribution in [2.45, 2.75) is 43.8 Å². The van der Waals surface area contributed by atoms with Gasteiger partial charge in [-0.3, -0.25) is 4.79 Å². The van der Waals surface area contributed by atoms with E-state index in [0.717, 1.165) is 25.7 Å². The lowest BCUT2D eigenvalue weighted by Crippen LogP contribution is -2.48. The minimum absolute atomic E-state index is 0. The summed E-state index contributed by atoms with van der Waals surface area (Å²) in [5.74, 6) is -1.26. The summed E-state index contributed by atoms with van der Waals surface area (Å²) in [5, 5.41) is 6.50. The molecule has 2 N–H and O–H groups in total. The molecule has 138 valence electrons. The lowest BCUT2D eigenvalue weighted by atomic mass is 9.99. The predicted octanol–water partition coefficient (Wildman–Crippen LogP) is 4.07. The molecule has 2 fully saturated rings. The number of hydrogen-bond acceptors (Lipinski definition) is 2. The molecule has 0 radical (unpaired) electrons. The van der Waals surface area contributed by atoms with Crippen LogP contribution in [0.2, 0.25) is 0 Å². The second kappa shape index (κ2) is 7.72. The van der Waals surface area contributed by atoms with Crippen molar-refractivity contribution in [3.05, 3.63) is 59.7 Å². The van der Waals surface area contributed by atoms with Gasteiger partial charge < -0.3 is 10.6 Å². The summed E-state index contributed by atoms with van der Waals surface area (Å²) in [5.41, 5.74) is 1.38. The molecule has 2 aromatic rings. The largest absolute Gasteiger partial charge is 0.349 e. The minimum atomic E-state index is -0.559. The Morgan fingerprint density at radius 1 is 0.962 bits per heavy atom. The van der Waals surface area contributed by atoms with Gasteiger partial charge in [0.1, 0.15) is 11.6 Å². The van der Waals surface area contributed by atoms with Gasteiger partial charge in [-0.1, -0.05) is 18.2 Å². The summed E-state index contributed by atoms with van der Waals surface area (Å²) >= 11 is 0. The van der Waals surface area contributed by atoms with Crippen LogP contribution >= 0.6 is 12.4 Å². The molecule has 2 aliphatic heterocycles. The van der Waals surface area contributed by atoms with Gasteiger partial charge in [-0.2, -0.15) is 0 Å². The van der Waals surface area contributed by atoms with Crippen LogP contribution in [-0.2, 0) is 0 Å². The number of fused-ring (bicyclic) bond motifs is 2. The lowest BCUT2D eigenvalue weighted by molar-refractivity contribution is 0.0920. The van der Waals surface area contributed by atoms with E-state index in [4.69, 9.17) is 0 Å². The van der Waals surface area contributed by atoms with Crippen molar-refractivity contribution in [1.29, 1.82) is 0 Å². The zero-order valence-corrected chi connectivity index (χ0v) is 15.0. The second-order valence-electron chi connectivity index (χ2n) is 6.98. The first-order valence-electron chi connectivity index (χ1n) is 8.71. The molecule has 0 aliphatic carbocycles. The van der Waals surface area contributed by atoms with Crippen LogP contribution in [0.3, 0.4) is 0 Å². The number of hydrogen-bond donors (Lipinski definition) is 2. The first-order chi connectivity index (χ1) is 12.1. The molecule has 2 atom stereocenters. The van der Waals surface area contributed by atoms with Crippen molar-refractivity contribution in [1.82, 2.24) is 10.6 Å². The molecular formula is C20H21ClF2N2O. The van der Waals surface area contributed by atoms with Crippen LogP contribution in [0.5, 0.6) is 0 Å². The molecule has 4 rings (SSSR count). The number of piperidine rings is 1. The molecule has 0 spiro atoms. The van der Waals surface area contributed by atoms with Crippen LogP contribution in [0.15, 0.2) is 42.5 Å². The average molecular weight is 379 g/mol. The highest BCUT2D eigenvalue weighted by Crippen LogP contribution is 2.27. The van der Waals surface area contributed by atoms with Crippen LogP contribution in [0.1, 0.15) is 36.0 Å². The predicted molar refractivity (Wildman–Crippen MR) is 99.5 cm³/mol. The van der Waals surface area contributed by atoms with Crippen molar-refractivity contribution in [3.8, 4) is 11.1 Å². The summed E-state index contributed by atoms with van der Waals surface area (Å²) in [7, 11) is 0. The average Bonchev–Trinajstić information content (AvgIpc) is 2.94. The summed E-state index contributed by atoms with van der Waals surface area (Å²) in [6.45, 7) is 0. The van der Waals surface area contributed by atoms with Crippen molar-refractivity contribution in [2.75, 3.05) is 0 Å². The number of rotatable bonds is 3. The summed E-state index contributed by atoms with van der Waals surface area (Å²) < 4.78 is 27.4. The van der Waals surface area contributed by atoms with Gasteiger partial charge in [0.2, 0.25) is 0 Å². The Labute approximate surface area is 157 Å². The van der Waals surface area contributed by atoms with E-state index in [1.807, 2.05) is 0 Å². The fourth-order valence-electron chi connectivity index (χ4n) is 3.96. The van der Waals surface area contributed by atoms with Crippen LogP contribution < -0.4 is 10.6 Å². The molecule has 0 saturated carbocycles. The second-order valence-corrected chi connectivity index (χ2v) is 6.98. The van der Waals surface area contributed by atoms with E-state index in [0.29, 0.717) is 23.2 Å². The minimum Gasteiger partial charge on any atom is -0.349 e. The third kappa shape index (κ3) is 3.89. The van der Waals surface area contributed by atoms with Gasteiger partial charge in [0.25, 0.3) is 5.91 Å². The lowest BCUT2D eigenvalue weighted by Gasteiger charge is -2.29. The number of benzene rings is 2. The SMILES string of the molecule is Cl.O=C(NC1CC2CCC(C1)N2)c1ccc(-c2ccc(F)cc2)cc1F. The number of halogens is 3. The topological polar surface area (TPSA) is 41.1 Å². The first-order valence-corrected chi connectivity index (χ1v) is 8.71. The number of nitrogens with one attached hydrogen (secondary N) is 2. The zero-order chi connectivity index (χ0) is 17.4. The number of amides is 1. The molecule has 2 unspecified atom stereocenters.